The van der Waals surface area contributed by atoms with E-state index in [1.807, 2.05) is 18.2 Å². The Morgan fingerprint density at radius 3 is 2.20 bits per heavy atom. The van der Waals surface area contributed by atoms with Crippen LogP contribution in [0.1, 0.15) is 54.9 Å². The maximum absolute atomic E-state index is 14.0. The Kier molecular flexibility index (Phi) is 7.68. The first-order valence-corrected chi connectivity index (χ1v) is 11.2. The Morgan fingerprint density at radius 1 is 1.03 bits per heavy atom. The first-order valence-electron chi connectivity index (χ1n) is 11.2. The van der Waals surface area contributed by atoms with Gasteiger partial charge in [0.25, 0.3) is 0 Å². The largest absolute Gasteiger partial charge is 0.378 e. The highest BCUT2D eigenvalue weighted by molar-refractivity contribution is 6.04. The van der Waals surface area contributed by atoms with Crippen molar-refractivity contribution in [2.24, 2.45) is 0 Å². The van der Waals surface area contributed by atoms with Crippen LogP contribution in [0.2, 0.25) is 0 Å². The van der Waals surface area contributed by atoms with Crippen LogP contribution in [0, 0.1) is 0 Å². The van der Waals surface area contributed by atoms with Gasteiger partial charge < -0.3 is 9.64 Å². The lowest BCUT2D eigenvalue weighted by Gasteiger charge is -2.44. The van der Waals surface area contributed by atoms with Gasteiger partial charge in [0.1, 0.15) is 0 Å². The van der Waals surface area contributed by atoms with Gasteiger partial charge >= 0.3 is 0 Å². The van der Waals surface area contributed by atoms with Crippen molar-refractivity contribution in [2.75, 3.05) is 45.3 Å². The van der Waals surface area contributed by atoms with E-state index in [1.165, 1.54) is 5.56 Å². The molecule has 1 aliphatic heterocycles. The van der Waals surface area contributed by atoms with E-state index in [4.69, 9.17) is 4.74 Å². The molecule has 0 saturated carbocycles. The number of anilines is 1. The van der Waals surface area contributed by atoms with Crippen LogP contribution in [0.5, 0.6) is 0 Å². The second-order valence-corrected chi connectivity index (χ2v) is 8.40. The molecule has 0 radical (unpaired) electrons. The molecule has 30 heavy (non-hydrogen) atoms. The van der Waals surface area contributed by atoms with Crippen molar-refractivity contribution >= 4 is 11.5 Å². The number of benzene rings is 2. The average molecular weight is 409 g/mol. The summed E-state index contributed by atoms with van der Waals surface area (Å²) in [6, 6.07) is 18.7. The van der Waals surface area contributed by atoms with Crippen LogP contribution in [-0.4, -0.2) is 56.6 Å². The third-order valence-corrected chi connectivity index (χ3v) is 6.59. The molecule has 1 fully saturated rings. The molecule has 1 saturated heterocycles. The second kappa shape index (κ2) is 10.2. The molecule has 0 N–H and O–H groups in total. The van der Waals surface area contributed by atoms with Gasteiger partial charge in [-0.05, 0) is 56.8 Å². The molecule has 4 nitrogen and oxygen atoms in total. The van der Waals surface area contributed by atoms with E-state index in [9.17, 15) is 4.79 Å². The molecule has 1 heterocycles. The minimum absolute atomic E-state index is 0.148. The van der Waals surface area contributed by atoms with Crippen molar-refractivity contribution in [1.82, 2.24) is 4.90 Å². The number of morpholine rings is 1. The molecule has 0 aromatic heterocycles. The van der Waals surface area contributed by atoms with Gasteiger partial charge in [-0.1, -0.05) is 50.6 Å². The van der Waals surface area contributed by atoms with Crippen LogP contribution in [0.3, 0.4) is 0 Å². The van der Waals surface area contributed by atoms with Gasteiger partial charge in [0.05, 0.1) is 18.8 Å². The van der Waals surface area contributed by atoms with E-state index >= 15 is 0 Å². The fourth-order valence-electron chi connectivity index (χ4n) is 4.95. The number of hydrogen-bond donors (Lipinski definition) is 0. The summed E-state index contributed by atoms with van der Waals surface area (Å²) >= 11 is 0. The number of likely N-dealkylation sites (N-methyl/N-ethyl adjacent to an activating group) is 1. The zero-order chi connectivity index (χ0) is 21.6. The zero-order valence-electron chi connectivity index (χ0n) is 18.9. The van der Waals surface area contributed by atoms with Gasteiger partial charge in [-0.2, -0.15) is 0 Å². The van der Waals surface area contributed by atoms with Crippen molar-refractivity contribution < 1.29 is 9.53 Å². The van der Waals surface area contributed by atoms with Crippen molar-refractivity contribution in [3.8, 4) is 0 Å². The molecule has 3 rings (SSSR count). The van der Waals surface area contributed by atoms with Crippen LogP contribution >= 0.6 is 0 Å². The molecule has 0 aliphatic carbocycles. The summed E-state index contributed by atoms with van der Waals surface area (Å²) in [5.41, 5.74) is 2.63. The molecule has 0 spiro atoms. The van der Waals surface area contributed by atoms with E-state index in [0.29, 0.717) is 0 Å². The number of carbonyl (C=O) groups excluding carboxylic acids is 1. The Morgan fingerprint density at radius 2 is 1.67 bits per heavy atom. The summed E-state index contributed by atoms with van der Waals surface area (Å²) in [5, 5.41) is 0. The molecular weight excluding hydrogens is 372 g/mol. The van der Waals surface area contributed by atoms with E-state index in [0.717, 1.165) is 56.8 Å². The highest BCUT2D eigenvalue weighted by Crippen LogP contribution is 2.41. The molecule has 2 atom stereocenters. The minimum atomic E-state index is -0.572. The summed E-state index contributed by atoms with van der Waals surface area (Å²) in [7, 11) is 4.10. The summed E-state index contributed by atoms with van der Waals surface area (Å²) in [6.45, 7) is 7.66. The van der Waals surface area contributed by atoms with E-state index in [2.05, 4.69) is 74.1 Å². The van der Waals surface area contributed by atoms with Gasteiger partial charge in [0, 0.05) is 30.3 Å². The number of Topliss-reactive ketones (excluding diaryl/α,β-unsaturated/α-hetero) is 1. The Hall–Kier alpha value is -2.17. The second-order valence-electron chi connectivity index (χ2n) is 8.40. The lowest BCUT2D eigenvalue weighted by Crippen LogP contribution is -2.55. The van der Waals surface area contributed by atoms with E-state index in [-0.39, 0.29) is 11.7 Å². The summed E-state index contributed by atoms with van der Waals surface area (Å²) < 4.78 is 5.46. The Labute approximate surface area is 181 Å². The molecule has 2 aromatic carbocycles. The van der Waals surface area contributed by atoms with E-state index in [1.54, 1.807) is 0 Å². The number of rotatable bonds is 9. The van der Waals surface area contributed by atoms with Crippen LogP contribution in [0.4, 0.5) is 5.69 Å². The number of nitrogens with zero attached hydrogens (tertiary/aromatic N) is 2. The molecule has 0 bridgehead atoms. The maximum Gasteiger partial charge on any atom is 0.183 e. The molecule has 1 aliphatic rings. The normalized spacial score (nSPS) is 17.6. The topological polar surface area (TPSA) is 32.8 Å². The fourth-order valence-corrected chi connectivity index (χ4v) is 4.95. The first kappa shape index (κ1) is 22.5. The lowest BCUT2D eigenvalue weighted by atomic mass is 9.70. The molecule has 2 aromatic rings. The molecule has 162 valence electrons. The third-order valence-electron chi connectivity index (χ3n) is 6.59. The van der Waals surface area contributed by atoms with Gasteiger partial charge in [-0.25, -0.2) is 0 Å². The van der Waals surface area contributed by atoms with Crippen molar-refractivity contribution in [1.29, 1.82) is 0 Å². The fraction of sp³-hybridized carbons (Fsp3) is 0.500. The average Bonchev–Trinajstić information content (AvgIpc) is 2.80. The first-order chi connectivity index (χ1) is 14.5. The molecular formula is C26H36N2O2. The van der Waals surface area contributed by atoms with Crippen LogP contribution in [0.25, 0.3) is 0 Å². The van der Waals surface area contributed by atoms with Crippen LogP contribution in [0.15, 0.2) is 54.6 Å². The zero-order valence-corrected chi connectivity index (χ0v) is 18.9. The predicted molar refractivity (Wildman–Crippen MR) is 125 cm³/mol. The smallest absolute Gasteiger partial charge is 0.183 e. The van der Waals surface area contributed by atoms with Gasteiger partial charge in [0.15, 0.2) is 5.78 Å². The van der Waals surface area contributed by atoms with Crippen molar-refractivity contribution in [3.05, 3.63) is 65.7 Å². The highest BCUT2D eigenvalue weighted by atomic mass is 16.5. The third kappa shape index (κ3) is 4.45. The number of ether oxygens (including phenoxy) is 1. The standard InChI is InChI=1S/C26H36N2O2/c1-5-10-24(21-11-8-7-9-12-21)26(6-2,27(3)4)25(29)22-13-15-23(16-14-22)28-17-19-30-20-18-28/h7-9,11-16,24H,5-6,10,17-20H2,1-4H3. The van der Waals surface area contributed by atoms with Gasteiger partial charge in [-0.15, -0.1) is 0 Å². The van der Waals surface area contributed by atoms with Gasteiger partial charge in [0.2, 0.25) is 0 Å². The summed E-state index contributed by atoms with van der Waals surface area (Å²) in [6.07, 6.45) is 2.79. The summed E-state index contributed by atoms with van der Waals surface area (Å²) in [5.74, 6) is 0.362. The Balaban J connectivity index is 1.96. The highest BCUT2D eigenvalue weighted by Gasteiger charge is 2.46. The van der Waals surface area contributed by atoms with Crippen LogP contribution < -0.4 is 4.90 Å². The number of ketones is 1. The SMILES string of the molecule is CCCC(c1ccccc1)C(CC)(C(=O)c1ccc(N2CCOCC2)cc1)N(C)C. The molecule has 4 heteroatoms. The number of carbonyl (C=O) groups is 1. The predicted octanol–water partition coefficient (Wildman–Crippen LogP) is 5.00. The van der Waals surface area contributed by atoms with E-state index < -0.39 is 5.54 Å². The summed E-state index contributed by atoms with van der Waals surface area (Å²) in [4.78, 5) is 18.5. The van der Waals surface area contributed by atoms with Gasteiger partial charge in [-0.3, -0.25) is 9.69 Å². The van der Waals surface area contributed by atoms with Crippen LogP contribution in [-0.2, 0) is 4.74 Å². The lowest BCUT2D eigenvalue weighted by molar-refractivity contribution is 0.0570. The molecule has 0 amide bonds. The van der Waals surface area contributed by atoms with Crippen molar-refractivity contribution in [3.63, 3.8) is 0 Å². The number of hydrogen-bond acceptors (Lipinski definition) is 4. The molecule has 2 unspecified atom stereocenters. The Bertz CT molecular complexity index is 798. The minimum Gasteiger partial charge on any atom is -0.378 e. The van der Waals surface area contributed by atoms with Crippen molar-refractivity contribution in [2.45, 2.75) is 44.6 Å². The quantitative estimate of drug-likeness (QED) is 0.547. The monoisotopic (exact) mass is 408 g/mol. The maximum atomic E-state index is 14.0.